The van der Waals surface area contributed by atoms with Crippen LogP contribution >= 0.6 is 0 Å². The highest BCUT2D eigenvalue weighted by atomic mass is 16.5. The van der Waals surface area contributed by atoms with Gasteiger partial charge in [-0.1, -0.05) is 36.4 Å². The van der Waals surface area contributed by atoms with E-state index in [2.05, 4.69) is 46.2 Å². The van der Waals surface area contributed by atoms with Crippen LogP contribution in [0.5, 0.6) is 23.0 Å². The Morgan fingerprint density at radius 2 is 0.944 bits per heavy atom. The van der Waals surface area contributed by atoms with Crippen LogP contribution in [-0.2, 0) is 13.1 Å². The van der Waals surface area contributed by atoms with Gasteiger partial charge in [-0.15, -0.1) is 0 Å². The van der Waals surface area contributed by atoms with E-state index in [1.165, 1.54) is 11.1 Å². The molecule has 0 aromatic heterocycles. The summed E-state index contributed by atoms with van der Waals surface area (Å²) in [5.74, 6) is 3.58. The lowest BCUT2D eigenvalue weighted by Crippen LogP contribution is -2.31. The van der Waals surface area contributed by atoms with Gasteiger partial charge in [-0.25, -0.2) is 0 Å². The summed E-state index contributed by atoms with van der Waals surface area (Å²) in [6.45, 7) is 3.70. The minimum atomic E-state index is 0.470. The lowest BCUT2D eigenvalue weighted by Gasteiger charge is -2.30. The molecule has 0 atom stereocenters. The lowest BCUT2D eigenvalue weighted by molar-refractivity contribution is 0.217. The molecule has 0 aliphatic carbocycles. The SMILES string of the molecule is c1ccc2c(c1)CN(c1ccc(OCCOc3ccc(N4COc5ccccc5C4)cc3)cc1)CO2. The molecule has 2 aliphatic heterocycles. The Hall–Kier alpha value is -4.32. The van der Waals surface area contributed by atoms with E-state index in [1.54, 1.807) is 0 Å². The maximum Gasteiger partial charge on any atom is 0.161 e. The molecule has 0 spiro atoms. The number of fused-ring (bicyclic) bond motifs is 2. The van der Waals surface area contributed by atoms with Gasteiger partial charge in [0.15, 0.2) is 13.5 Å². The Kier molecular flexibility index (Phi) is 6.23. The van der Waals surface area contributed by atoms with Crippen molar-refractivity contribution < 1.29 is 18.9 Å². The quantitative estimate of drug-likeness (QED) is 0.309. The van der Waals surface area contributed by atoms with E-state index < -0.39 is 0 Å². The van der Waals surface area contributed by atoms with Crippen LogP contribution in [0.3, 0.4) is 0 Å². The zero-order chi connectivity index (χ0) is 24.2. The van der Waals surface area contributed by atoms with Crippen molar-refractivity contribution in [1.29, 1.82) is 0 Å². The van der Waals surface area contributed by atoms with Gasteiger partial charge in [-0.3, -0.25) is 0 Å². The van der Waals surface area contributed by atoms with Crippen LogP contribution < -0.4 is 28.7 Å². The zero-order valence-electron chi connectivity index (χ0n) is 20.0. The molecular formula is C30H28N2O4. The largest absolute Gasteiger partial charge is 0.490 e. The van der Waals surface area contributed by atoms with Gasteiger partial charge >= 0.3 is 0 Å². The summed E-state index contributed by atoms with van der Waals surface area (Å²) >= 11 is 0. The van der Waals surface area contributed by atoms with Gasteiger partial charge < -0.3 is 28.7 Å². The number of nitrogens with zero attached hydrogens (tertiary/aromatic N) is 2. The molecule has 2 heterocycles. The van der Waals surface area contributed by atoms with E-state index in [4.69, 9.17) is 18.9 Å². The number of ether oxygens (including phenoxy) is 4. The standard InChI is InChI=1S/C30H28N2O4/c1-3-7-29-23(5-1)19-31(21-35-29)25-9-13-27(14-10-25)33-17-18-34-28-15-11-26(12-16-28)32-20-24-6-2-4-8-30(24)36-22-32/h1-16H,17-22H2. The predicted molar refractivity (Wildman–Crippen MR) is 140 cm³/mol. The number of rotatable bonds is 7. The third-order valence-corrected chi connectivity index (χ3v) is 6.44. The van der Waals surface area contributed by atoms with E-state index >= 15 is 0 Å². The summed E-state index contributed by atoms with van der Waals surface area (Å²) in [5.41, 5.74) is 4.61. The van der Waals surface area contributed by atoms with Crippen molar-refractivity contribution in [2.45, 2.75) is 13.1 Å². The molecule has 2 aliphatic rings. The zero-order valence-corrected chi connectivity index (χ0v) is 20.0. The van der Waals surface area contributed by atoms with E-state index in [-0.39, 0.29) is 0 Å². The van der Waals surface area contributed by atoms with Gasteiger partial charge in [0.1, 0.15) is 36.2 Å². The first kappa shape index (κ1) is 22.2. The highest BCUT2D eigenvalue weighted by Gasteiger charge is 2.18. The number of anilines is 2. The predicted octanol–water partition coefficient (Wildman–Crippen LogP) is 5.86. The molecule has 4 aromatic carbocycles. The molecule has 0 saturated heterocycles. The molecule has 0 fully saturated rings. The number of benzene rings is 4. The Bertz CT molecular complexity index is 1200. The second-order valence-corrected chi connectivity index (χ2v) is 8.84. The van der Waals surface area contributed by atoms with E-state index in [1.807, 2.05) is 60.7 Å². The maximum absolute atomic E-state index is 5.88. The summed E-state index contributed by atoms with van der Waals surface area (Å²) < 4.78 is 23.5. The van der Waals surface area contributed by atoms with Crippen molar-refractivity contribution in [1.82, 2.24) is 0 Å². The van der Waals surface area contributed by atoms with Crippen molar-refractivity contribution in [3.05, 3.63) is 108 Å². The third kappa shape index (κ3) is 4.89. The van der Waals surface area contributed by atoms with Crippen molar-refractivity contribution in [2.75, 3.05) is 36.5 Å². The Morgan fingerprint density at radius 1 is 0.528 bits per heavy atom. The molecule has 0 saturated carbocycles. The smallest absolute Gasteiger partial charge is 0.161 e. The maximum atomic E-state index is 5.88. The molecule has 4 aromatic rings. The van der Waals surface area contributed by atoms with Gasteiger partial charge in [0.25, 0.3) is 0 Å². The van der Waals surface area contributed by atoms with Gasteiger partial charge in [0.2, 0.25) is 0 Å². The first-order chi connectivity index (χ1) is 17.8. The van der Waals surface area contributed by atoms with E-state index in [0.29, 0.717) is 26.7 Å². The summed E-state index contributed by atoms with van der Waals surface area (Å²) in [6, 6.07) is 32.6. The summed E-state index contributed by atoms with van der Waals surface area (Å²) in [6.07, 6.45) is 0. The minimum absolute atomic E-state index is 0.470. The van der Waals surface area contributed by atoms with Crippen molar-refractivity contribution in [3.63, 3.8) is 0 Å². The summed E-state index contributed by atoms with van der Waals surface area (Å²) in [5, 5.41) is 0. The normalized spacial score (nSPS) is 14.2. The van der Waals surface area contributed by atoms with Crippen molar-refractivity contribution >= 4 is 11.4 Å². The first-order valence-corrected chi connectivity index (χ1v) is 12.2. The van der Waals surface area contributed by atoms with Gasteiger partial charge in [-0.2, -0.15) is 0 Å². The Labute approximate surface area is 211 Å². The van der Waals surface area contributed by atoms with Gasteiger partial charge in [0.05, 0.1) is 0 Å². The summed E-state index contributed by atoms with van der Waals surface area (Å²) in [4.78, 5) is 4.40. The topological polar surface area (TPSA) is 43.4 Å². The molecule has 0 radical (unpaired) electrons. The van der Waals surface area contributed by atoms with E-state index in [9.17, 15) is 0 Å². The Morgan fingerprint density at radius 3 is 1.39 bits per heavy atom. The number of para-hydroxylation sites is 2. The lowest BCUT2D eigenvalue weighted by atomic mass is 10.1. The van der Waals surface area contributed by atoms with Crippen LogP contribution in [0.1, 0.15) is 11.1 Å². The average Bonchev–Trinajstić information content (AvgIpc) is 2.95. The molecule has 6 rings (SSSR count). The molecular weight excluding hydrogens is 452 g/mol. The summed E-state index contributed by atoms with van der Waals surface area (Å²) in [7, 11) is 0. The number of hydrogen-bond donors (Lipinski definition) is 0. The highest BCUT2D eigenvalue weighted by molar-refractivity contribution is 5.53. The molecule has 0 amide bonds. The molecule has 0 bridgehead atoms. The van der Waals surface area contributed by atoms with Crippen molar-refractivity contribution in [3.8, 4) is 23.0 Å². The van der Waals surface area contributed by atoms with Gasteiger partial charge in [0, 0.05) is 35.6 Å². The van der Waals surface area contributed by atoms with E-state index in [0.717, 1.165) is 47.5 Å². The van der Waals surface area contributed by atoms with Gasteiger partial charge in [-0.05, 0) is 60.7 Å². The molecule has 36 heavy (non-hydrogen) atoms. The second-order valence-electron chi connectivity index (χ2n) is 8.84. The fourth-order valence-corrected chi connectivity index (χ4v) is 4.51. The minimum Gasteiger partial charge on any atom is -0.490 e. The monoisotopic (exact) mass is 480 g/mol. The first-order valence-electron chi connectivity index (χ1n) is 12.2. The van der Waals surface area contributed by atoms with Crippen LogP contribution in [0.25, 0.3) is 0 Å². The van der Waals surface area contributed by atoms with Crippen LogP contribution in [0, 0.1) is 0 Å². The van der Waals surface area contributed by atoms with Crippen molar-refractivity contribution in [2.24, 2.45) is 0 Å². The Balaban J connectivity index is 0.962. The number of hydrogen-bond acceptors (Lipinski definition) is 6. The molecule has 6 nitrogen and oxygen atoms in total. The van der Waals surface area contributed by atoms with Crippen LogP contribution in [0.2, 0.25) is 0 Å². The molecule has 6 heteroatoms. The molecule has 0 unspecified atom stereocenters. The fraction of sp³-hybridized carbons (Fsp3) is 0.200. The van der Waals surface area contributed by atoms with Crippen LogP contribution in [0.15, 0.2) is 97.1 Å². The van der Waals surface area contributed by atoms with Crippen LogP contribution in [0.4, 0.5) is 11.4 Å². The average molecular weight is 481 g/mol. The molecule has 0 N–H and O–H groups in total. The second kappa shape index (κ2) is 10.1. The third-order valence-electron chi connectivity index (χ3n) is 6.44. The highest BCUT2D eigenvalue weighted by Crippen LogP contribution is 2.30. The fourth-order valence-electron chi connectivity index (χ4n) is 4.51. The molecule has 182 valence electrons. The van der Waals surface area contributed by atoms with Crippen LogP contribution in [-0.4, -0.2) is 26.7 Å².